The molecule has 4 aromatic rings. The van der Waals surface area contributed by atoms with Crippen LogP contribution in [0.4, 0.5) is 11.6 Å². The number of aromatic nitrogens is 6. The van der Waals surface area contributed by atoms with Gasteiger partial charge in [0.15, 0.2) is 5.82 Å². The number of amides is 1. The molecule has 0 aliphatic heterocycles. The predicted molar refractivity (Wildman–Crippen MR) is 116 cm³/mol. The van der Waals surface area contributed by atoms with E-state index in [2.05, 4.69) is 49.2 Å². The van der Waals surface area contributed by atoms with E-state index < -0.39 is 0 Å². The van der Waals surface area contributed by atoms with Gasteiger partial charge in [-0.15, -0.1) is 0 Å². The summed E-state index contributed by atoms with van der Waals surface area (Å²) in [5.41, 5.74) is 9.12. The smallest absolute Gasteiger partial charge is 0.260 e. The summed E-state index contributed by atoms with van der Waals surface area (Å²) in [7, 11) is 0. The molecule has 1 saturated carbocycles. The third-order valence-electron chi connectivity index (χ3n) is 5.45. The Morgan fingerprint density at radius 3 is 2.84 bits per heavy atom. The van der Waals surface area contributed by atoms with Gasteiger partial charge in [-0.1, -0.05) is 5.92 Å². The number of carbonyl (C=O) groups excluding carboxylic acids is 1. The molecule has 4 N–H and O–H groups in total. The second-order valence-corrected chi connectivity index (χ2v) is 7.90. The van der Waals surface area contributed by atoms with Crippen molar-refractivity contribution in [3.05, 3.63) is 59.4 Å². The molecule has 31 heavy (non-hydrogen) atoms. The van der Waals surface area contributed by atoms with Crippen molar-refractivity contribution < 1.29 is 4.79 Å². The molecule has 0 saturated heterocycles. The van der Waals surface area contributed by atoms with Crippen LogP contribution >= 0.6 is 0 Å². The van der Waals surface area contributed by atoms with E-state index >= 15 is 0 Å². The van der Waals surface area contributed by atoms with Crippen LogP contribution in [0.3, 0.4) is 0 Å². The Bertz CT molecular complexity index is 1370. The fourth-order valence-corrected chi connectivity index (χ4v) is 3.63. The van der Waals surface area contributed by atoms with Crippen LogP contribution in [0, 0.1) is 18.8 Å². The molecule has 1 aliphatic rings. The van der Waals surface area contributed by atoms with Crippen LogP contribution in [0.5, 0.6) is 0 Å². The molecular weight excluding hydrogens is 392 g/mol. The van der Waals surface area contributed by atoms with E-state index in [1.54, 1.807) is 18.5 Å². The van der Waals surface area contributed by atoms with Crippen molar-refractivity contribution in [3.63, 3.8) is 0 Å². The molecule has 1 aliphatic carbocycles. The Balaban J connectivity index is 1.74. The molecule has 0 aromatic carbocycles. The molecule has 0 radical (unpaired) electrons. The van der Waals surface area contributed by atoms with Crippen LogP contribution < -0.4 is 11.1 Å². The van der Waals surface area contributed by atoms with E-state index in [0.717, 1.165) is 24.1 Å². The van der Waals surface area contributed by atoms with Crippen molar-refractivity contribution in [2.24, 2.45) is 0 Å². The Labute approximate surface area is 178 Å². The number of aromatic amines is 1. The van der Waals surface area contributed by atoms with Crippen LogP contribution in [-0.2, 0) is 5.54 Å². The van der Waals surface area contributed by atoms with E-state index in [-0.39, 0.29) is 17.3 Å². The number of aryl methyl sites for hydroxylation is 1. The number of H-pyrrole nitrogens is 1. The summed E-state index contributed by atoms with van der Waals surface area (Å²) in [5, 5.41) is 10.3. The number of nitrogens with one attached hydrogen (secondary N) is 2. The molecule has 0 spiro atoms. The number of nitrogens with two attached hydrogens (primary N) is 1. The molecule has 5 rings (SSSR count). The Morgan fingerprint density at radius 1 is 1.32 bits per heavy atom. The van der Waals surface area contributed by atoms with Crippen molar-refractivity contribution in [2.45, 2.75) is 32.2 Å². The minimum atomic E-state index is -0.364. The number of hydrogen-bond donors (Lipinski definition) is 3. The third kappa shape index (κ3) is 3.28. The van der Waals surface area contributed by atoms with Crippen LogP contribution in [0.1, 0.15) is 47.1 Å². The SMILES string of the molecule is Cc1cc(NC(=O)c2c(C#Cc3cccnc3)n(C3(C)CC3)c3ncnc(N)c23)n[nH]1. The second kappa shape index (κ2) is 6.95. The van der Waals surface area contributed by atoms with Gasteiger partial charge in [-0.3, -0.25) is 14.9 Å². The van der Waals surface area contributed by atoms with Crippen LogP contribution in [0.25, 0.3) is 11.0 Å². The largest absolute Gasteiger partial charge is 0.383 e. The van der Waals surface area contributed by atoms with Crippen molar-refractivity contribution in [3.8, 4) is 11.8 Å². The van der Waals surface area contributed by atoms with Gasteiger partial charge in [0.05, 0.1) is 10.9 Å². The minimum absolute atomic E-state index is 0.181. The number of rotatable bonds is 3. The number of hydrogen-bond acceptors (Lipinski definition) is 6. The highest BCUT2D eigenvalue weighted by Gasteiger charge is 2.44. The van der Waals surface area contributed by atoms with E-state index in [1.807, 2.05) is 23.6 Å². The van der Waals surface area contributed by atoms with E-state index in [1.165, 1.54) is 6.33 Å². The molecule has 0 atom stereocenters. The van der Waals surface area contributed by atoms with Gasteiger partial charge in [0.25, 0.3) is 5.91 Å². The average molecular weight is 412 g/mol. The van der Waals surface area contributed by atoms with Gasteiger partial charge in [0.1, 0.15) is 23.5 Å². The monoisotopic (exact) mass is 412 g/mol. The van der Waals surface area contributed by atoms with E-state index in [9.17, 15) is 4.79 Å². The van der Waals surface area contributed by atoms with Crippen molar-refractivity contribution >= 4 is 28.6 Å². The highest BCUT2D eigenvalue weighted by atomic mass is 16.1. The van der Waals surface area contributed by atoms with E-state index in [0.29, 0.717) is 28.1 Å². The van der Waals surface area contributed by atoms with Gasteiger partial charge in [0.2, 0.25) is 0 Å². The summed E-state index contributed by atoms with van der Waals surface area (Å²) < 4.78 is 2.02. The van der Waals surface area contributed by atoms with Gasteiger partial charge in [-0.05, 0) is 44.7 Å². The van der Waals surface area contributed by atoms with Crippen molar-refractivity contribution in [1.29, 1.82) is 0 Å². The standard InChI is InChI=1S/C22H20N8O/c1-13-10-16(29-28-13)27-21(31)17-15(6-5-14-4-3-9-24-11-14)30(22(2)7-8-22)20-18(17)19(23)25-12-26-20/h3-4,9-12H,7-8H2,1-2H3,(H2,23,25,26)(H2,27,28,29,31). The lowest BCUT2D eigenvalue weighted by molar-refractivity contribution is 0.102. The number of carbonyl (C=O) groups is 1. The summed E-state index contributed by atoms with van der Waals surface area (Å²) >= 11 is 0. The number of pyridine rings is 1. The van der Waals surface area contributed by atoms with Crippen LogP contribution in [-0.4, -0.2) is 35.6 Å². The maximum atomic E-state index is 13.4. The van der Waals surface area contributed by atoms with Gasteiger partial charge in [0, 0.05) is 35.3 Å². The van der Waals surface area contributed by atoms with Crippen LogP contribution in [0.2, 0.25) is 0 Å². The normalized spacial score (nSPS) is 14.1. The summed E-state index contributed by atoms with van der Waals surface area (Å²) in [6.07, 6.45) is 6.70. The quantitative estimate of drug-likeness (QED) is 0.444. The van der Waals surface area contributed by atoms with Gasteiger partial charge in [-0.25, -0.2) is 9.97 Å². The molecule has 9 heteroatoms. The average Bonchev–Trinajstić information content (AvgIpc) is 3.20. The van der Waals surface area contributed by atoms with Gasteiger partial charge in [-0.2, -0.15) is 5.10 Å². The molecular formula is C22H20N8O. The highest BCUT2D eigenvalue weighted by Crippen LogP contribution is 2.47. The predicted octanol–water partition coefficient (Wildman–Crippen LogP) is 2.60. The molecule has 0 bridgehead atoms. The molecule has 0 unspecified atom stereocenters. The Kier molecular flexibility index (Phi) is 4.22. The highest BCUT2D eigenvalue weighted by molar-refractivity contribution is 6.16. The minimum Gasteiger partial charge on any atom is -0.383 e. The Hall–Kier alpha value is -4.19. The lowest BCUT2D eigenvalue weighted by Gasteiger charge is -2.14. The first-order chi connectivity index (χ1) is 15.0. The first kappa shape index (κ1) is 18.8. The summed E-state index contributed by atoms with van der Waals surface area (Å²) in [5.74, 6) is 6.61. The first-order valence-electron chi connectivity index (χ1n) is 9.87. The Morgan fingerprint density at radius 2 is 2.16 bits per heavy atom. The van der Waals surface area contributed by atoms with Crippen molar-refractivity contribution in [2.75, 3.05) is 11.1 Å². The lowest BCUT2D eigenvalue weighted by atomic mass is 10.1. The van der Waals surface area contributed by atoms with Gasteiger partial charge >= 0.3 is 0 Å². The number of fused-ring (bicyclic) bond motifs is 1. The number of nitrogen functional groups attached to an aromatic ring is 1. The summed E-state index contributed by atoms with van der Waals surface area (Å²) in [6, 6.07) is 5.44. The lowest BCUT2D eigenvalue weighted by Crippen LogP contribution is -2.18. The summed E-state index contributed by atoms with van der Waals surface area (Å²) in [4.78, 5) is 26.1. The molecule has 1 amide bonds. The maximum Gasteiger partial charge on any atom is 0.260 e. The fourth-order valence-electron chi connectivity index (χ4n) is 3.63. The van der Waals surface area contributed by atoms with Crippen LogP contribution in [0.15, 0.2) is 36.9 Å². The first-order valence-corrected chi connectivity index (χ1v) is 9.87. The zero-order valence-corrected chi connectivity index (χ0v) is 17.1. The van der Waals surface area contributed by atoms with Gasteiger partial charge < -0.3 is 15.6 Å². The topological polar surface area (TPSA) is 127 Å². The number of nitrogens with zero attached hydrogens (tertiary/aromatic N) is 5. The zero-order valence-electron chi connectivity index (χ0n) is 17.1. The maximum absolute atomic E-state index is 13.4. The number of anilines is 2. The van der Waals surface area contributed by atoms with E-state index in [4.69, 9.17) is 5.73 Å². The molecule has 1 fully saturated rings. The summed E-state index contributed by atoms with van der Waals surface area (Å²) in [6.45, 7) is 3.98. The molecule has 4 aromatic heterocycles. The third-order valence-corrected chi connectivity index (χ3v) is 5.45. The second-order valence-electron chi connectivity index (χ2n) is 7.90. The molecule has 9 nitrogen and oxygen atoms in total. The molecule has 154 valence electrons. The van der Waals surface area contributed by atoms with Crippen molar-refractivity contribution in [1.82, 2.24) is 29.7 Å². The fraction of sp³-hybridized carbons (Fsp3) is 0.227. The molecule has 4 heterocycles. The zero-order chi connectivity index (χ0) is 21.6.